The molecule has 0 aliphatic heterocycles. The highest BCUT2D eigenvalue weighted by Crippen LogP contribution is 2.18. The molecule has 0 heterocycles. The maximum absolute atomic E-state index is 10.6. The van der Waals surface area contributed by atoms with E-state index in [1.54, 1.807) is 72.8 Å². The smallest absolute Gasteiger partial charge is 0.0840 e. The van der Waals surface area contributed by atoms with E-state index in [2.05, 4.69) is 22.9 Å². The molecule has 16 heteroatoms. The van der Waals surface area contributed by atoms with Crippen LogP contribution in [0.25, 0.3) is 24.3 Å². The molecule has 4 rings (SSSR count). The molecule has 0 bridgehead atoms. The Hall–Kier alpha value is -4.52. The van der Waals surface area contributed by atoms with E-state index in [1.165, 1.54) is 71.5 Å². The average Bonchev–Trinajstić information content (AvgIpc) is 3.21. The summed E-state index contributed by atoms with van der Waals surface area (Å²) in [5, 5.41) is 42.4. The predicted octanol–water partition coefficient (Wildman–Crippen LogP) is -1.13. The summed E-state index contributed by atoms with van der Waals surface area (Å²) in [5.41, 5.74) is 18.8. The number of hydrogen-bond donors (Lipinski definition) is 4. The first-order chi connectivity index (χ1) is 26.9. The maximum Gasteiger partial charge on any atom is 0.0840 e. The molecule has 0 radical (unpaired) electrons. The molecule has 56 heavy (non-hydrogen) atoms. The topological polar surface area (TPSA) is 271 Å². The van der Waals surface area contributed by atoms with Crippen LogP contribution in [0.1, 0.15) is 63.7 Å². The summed E-state index contributed by atoms with van der Waals surface area (Å²) in [6.45, 7) is 4.15. The Bertz CT molecular complexity index is 1530. The van der Waals surface area contributed by atoms with Gasteiger partial charge in [0.2, 0.25) is 0 Å². The van der Waals surface area contributed by atoms with Crippen molar-refractivity contribution in [3.05, 3.63) is 142 Å². The Labute approximate surface area is 343 Å². The number of hydrogen-bond acceptors (Lipinski definition) is 12. The highest BCUT2D eigenvalue weighted by atomic mass is 33.1. The lowest BCUT2D eigenvalue weighted by Crippen LogP contribution is -2.51. The van der Waals surface area contributed by atoms with Crippen molar-refractivity contribution in [3.63, 3.8) is 0 Å². The van der Waals surface area contributed by atoms with E-state index in [-0.39, 0.29) is 22.3 Å². The third kappa shape index (κ3) is 22.8. The second-order valence-electron chi connectivity index (χ2n) is 11.0. The van der Waals surface area contributed by atoms with Crippen LogP contribution in [0.3, 0.4) is 0 Å². The lowest BCUT2D eigenvalue weighted by molar-refractivity contribution is -0.360. The lowest BCUT2D eigenvalue weighted by Gasteiger charge is -2.03. The summed E-state index contributed by atoms with van der Waals surface area (Å²) in [7, 11) is 7.57. The molecule has 0 amide bonds. The standard InChI is InChI=1S/2C16H12O4.2C4H12N2S2/c2*17-15(18)13-7-3-11(4-8-13)1-2-12-5-9-14(10-6-12)16(19)20;2*5-1-3-7-8-4-2-6/h2*1-10H,(H,17,18)(H,19,20);2*1-6H2/b2*2-1+;;. The number of aromatic carboxylic acids is 4. The van der Waals surface area contributed by atoms with Gasteiger partial charge in [0, 0.05) is 0 Å². The summed E-state index contributed by atoms with van der Waals surface area (Å²) in [6, 6.07) is 25.0. The van der Waals surface area contributed by atoms with Crippen molar-refractivity contribution < 1.29 is 62.5 Å². The third-order valence-corrected chi connectivity index (χ3v) is 11.8. The van der Waals surface area contributed by atoms with Gasteiger partial charge in [-0.25, -0.2) is 0 Å². The van der Waals surface area contributed by atoms with Crippen molar-refractivity contribution in [1.82, 2.24) is 0 Å². The third-order valence-electron chi connectivity index (χ3n) is 6.60. The second kappa shape index (κ2) is 30.7. The number of rotatable bonds is 18. The molecule has 4 aromatic rings. The van der Waals surface area contributed by atoms with Crippen molar-refractivity contribution >= 4 is 91.4 Å². The molecule has 0 atom stereocenters. The zero-order chi connectivity index (χ0) is 41.6. The summed E-state index contributed by atoms with van der Waals surface area (Å²) < 4.78 is 0. The van der Waals surface area contributed by atoms with E-state index in [0.29, 0.717) is 0 Å². The minimum Gasteiger partial charge on any atom is -0.545 e. The van der Waals surface area contributed by atoms with Crippen molar-refractivity contribution in [3.8, 4) is 0 Å². The van der Waals surface area contributed by atoms with Crippen molar-refractivity contribution in [2.75, 3.05) is 49.2 Å². The fraction of sp³-hybridized carbons (Fsp3) is 0.200. The number of quaternary nitrogens is 4. The number of carbonyl (C=O) groups excluding carboxylic acids is 4. The van der Waals surface area contributed by atoms with Crippen LogP contribution in [0.4, 0.5) is 0 Å². The van der Waals surface area contributed by atoms with E-state index in [1.807, 2.05) is 43.2 Å². The van der Waals surface area contributed by atoms with E-state index in [9.17, 15) is 39.6 Å². The molecular formula is C40H48N4O8S4. The van der Waals surface area contributed by atoms with Gasteiger partial charge in [0.15, 0.2) is 0 Å². The van der Waals surface area contributed by atoms with Crippen LogP contribution in [0.15, 0.2) is 97.1 Å². The Kier molecular flexibility index (Phi) is 27.1. The quantitative estimate of drug-likeness (QED) is 0.0527. The molecule has 0 fully saturated rings. The van der Waals surface area contributed by atoms with Gasteiger partial charge in [-0.3, -0.25) is 0 Å². The Morgan fingerprint density at radius 3 is 0.643 bits per heavy atom. The van der Waals surface area contributed by atoms with Crippen LogP contribution in [0.5, 0.6) is 0 Å². The van der Waals surface area contributed by atoms with Crippen molar-refractivity contribution in [1.29, 1.82) is 0 Å². The molecule has 12 nitrogen and oxygen atoms in total. The second-order valence-corrected chi connectivity index (χ2v) is 16.4. The minimum absolute atomic E-state index is 0.125. The van der Waals surface area contributed by atoms with Crippen LogP contribution >= 0.6 is 43.2 Å². The molecule has 0 aromatic heterocycles. The average molecular weight is 841 g/mol. The van der Waals surface area contributed by atoms with Crippen molar-refractivity contribution in [2.45, 2.75) is 0 Å². The minimum atomic E-state index is -1.21. The SMILES string of the molecule is O=C([O-])c1ccc(/C=C/c2ccc(C(=O)[O-])cc2)cc1.O=C([O-])c1ccc(/C=C/c2ccc(C(=O)[O-])cc2)cc1.[NH3+]CCSSCC[NH3+].[NH3+]CCSSCC[NH3+]. The first-order valence-electron chi connectivity index (χ1n) is 17.2. The van der Waals surface area contributed by atoms with Gasteiger partial charge < -0.3 is 62.5 Å². The van der Waals surface area contributed by atoms with Gasteiger partial charge in [-0.05, 0) is 44.5 Å². The molecule has 0 saturated carbocycles. The predicted molar refractivity (Wildman–Crippen MR) is 222 cm³/mol. The van der Waals surface area contributed by atoms with E-state index < -0.39 is 23.9 Å². The van der Waals surface area contributed by atoms with E-state index in [0.717, 1.165) is 48.4 Å². The zero-order valence-corrected chi connectivity index (χ0v) is 34.2. The van der Waals surface area contributed by atoms with Crippen LogP contribution in [0.2, 0.25) is 0 Å². The molecule has 0 saturated heterocycles. The Balaban J connectivity index is 0.000000408. The highest BCUT2D eigenvalue weighted by Gasteiger charge is 1.96. The fourth-order valence-electron chi connectivity index (χ4n) is 3.78. The zero-order valence-electron chi connectivity index (χ0n) is 30.9. The summed E-state index contributed by atoms with van der Waals surface area (Å²) in [4.78, 5) is 42.4. The van der Waals surface area contributed by atoms with E-state index >= 15 is 0 Å². The molecule has 0 spiro atoms. The van der Waals surface area contributed by atoms with Crippen LogP contribution in [0, 0.1) is 0 Å². The molecule has 0 aliphatic carbocycles. The first-order valence-corrected chi connectivity index (χ1v) is 22.2. The summed E-state index contributed by atoms with van der Waals surface area (Å²) in [5.74, 6) is -0.154. The molecular weight excluding hydrogens is 793 g/mol. The molecule has 0 aliphatic rings. The van der Waals surface area contributed by atoms with E-state index in [4.69, 9.17) is 0 Å². The van der Waals surface area contributed by atoms with Gasteiger partial charge >= 0.3 is 0 Å². The van der Waals surface area contributed by atoms with Gasteiger partial charge in [0.1, 0.15) is 0 Å². The molecule has 12 N–H and O–H groups in total. The Morgan fingerprint density at radius 1 is 0.357 bits per heavy atom. The molecule has 4 aromatic carbocycles. The lowest BCUT2D eigenvalue weighted by atomic mass is 10.1. The van der Waals surface area contributed by atoms with Crippen molar-refractivity contribution in [2.24, 2.45) is 0 Å². The van der Waals surface area contributed by atoms with Gasteiger partial charge in [-0.1, -0.05) is 165 Å². The van der Waals surface area contributed by atoms with Crippen LogP contribution < -0.4 is 43.4 Å². The van der Waals surface area contributed by atoms with Gasteiger partial charge in [0.05, 0.1) is 73.1 Å². The molecule has 300 valence electrons. The monoisotopic (exact) mass is 840 g/mol. The first kappa shape index (κ1) is 49.5. The van der Waals surface area contributed by atoms with Gasteiger partial charge in [-0.2, -0.15) is 0 Å². The molecule has 0 unspecified atom stereocenters. The number of carboxylic acid groups (broad SMARTS) is 4. The Morgan fingerprint density at radius 2 is 0.518 bits per heavy atom. The normalized spacial score (nSPS) is 10.4. The highest BCUT2D eigenvalue weighted by molar-refractivity contribution is 8.77. The van der Waals surface area contributed by atoms with Crippen LogP contribution in [-0.4, -0.2) is 73.1 Å². The summed E-state index contributed by atoms with van der Waals surface area (Å²) in [6.07, 6.45) is 7.19. The fourth-order valence-corrected chi connectivity index (χ4v) is 7.55. The summed E-state index contributed by atoms with van der Waals surface area (Å²) >= 11 is 0. The largest absolute Gasteiger partial charge is 0.545 e. The van der Waals surface area contributed by atoms with Gasteiger partial charge in [-0.15, -0.1) is 0 Å². The van der Waals surface area contributed by atoms with Gasteiger partial charge in [0.25, 0.3) is 0 Å². The number of benzene rings is 4. The van der Waals surface area contributed by atoms with Crippen LogP contribution in [-0.2, 0) is 0 Å². The maximum atomic E-state index is 10.6. The number of carboxylic acids is 4. The number of carbonyl (C=O) groups is 4.